The Labute approximate surface area is 155 Å². The van der Waals surface area contributed by atoms with Crippen LogP contribution in [0.25, 0.3) is 0 Å². The summed E-state index contributed by atoms with van der Waals surface area (Å²) in [6.07, 6.45) is 4.14. The van der Waals surface area contributed by atoms with Gasteiger partial charge in [0, 0.05) is 31.6 Å². The second kappa shape index (κ2) is 9.03. The number of piperidine rings is 1. The van der Waals surface area contributed by atoms with Crippen molar-refractivity contribution in [3.8, 4) is 5.75 Å². The average Bonchev–Trinajstić information content (AvgIpc) is 3.52. The molecule has 1 atom stereocenters. The molecule has 26 heavy (non-hydrogen) atoms. The van der Waals surface area contributed by atoms with Gasteiger partial charge in [0.25, 0.3) is 0 Å². The van der Waals surface area contributed by atoms with E-state index in [1.54, 1.807) is 0 Å². The van der Waals surface area contributed by atoms with Crippen molar-refractivity contribution in [1.82, 2.24) is 10.2 Å². The van der Waals surface area contributed by atoms with Crippen molar-refractivity contribution in [2.24, 2.45) is 17.6 Å². The number of ether oxygens (including phenoxy) is 1. The Morgan fingerprint density at radius 1 is 1.15 bits per heavy atom. The number of nitrogens with zero attached hydrogens (tertiary/aromatic N) is 1. The molecule has 3 N–H and O–H groups in total. The van der Waals surface area contributed by atoms with Gasteiger partial charge in [-0.2, -0.15) is 0 Å². The Morgan fingerprint density at radius 3 is 2.46 bits per heavy atom. The van der Waals surface area contributed by atoms with Crippen molar-refractivity contribution >= 4 is 11.8 Å². The molecule has 1 saturated carbocycles. The standard InChI is InChI=1S/C20H29N3O3/c21-14-18(15-6-7-15)22-20(25)16-8-11-23(12-9-16)19(24)10-13-26-17-4-2-1-3-5-17/h1-5,15-16,18H,6-14,21H2,(H,22,25). The number of hydrogen-bond acceptors (Lipinski definition) is 4. The second-order valence-electron chi connectivity index (χ2n) is 7.25. The summed E-state index contributed by atoms with van der Waals surface area (Å²) in [7, 11) is 0. The van der Waals surface area contributed by atoms with Gasteiger partial charge in [0.1, 0.15) is 5.75 Å². The molecule has 2 aliphatic rings. The highest BCUT2D eigenvalue weighted by molar-refractivity contribution is 5.80. The lowest BCUT2D eigenvalue weighted by Gasteiger charge is -2.32. The Morgan fingerprint density at radius 2 is 1.85 bits per heavy atom. The zero-order valence-electron chi connectivity index (χ0n) is 15.2. The minimum atomic E-state index is -0.00702. The first-order valence-electron chi connectivity index (χ1n) is 9.63. The highest BCUT2D eigenvalue weighted by Crippen LogP contribution is 2.32. The number of rotatable bonds is 8. The molecule has 0 aromatic heterocycles. The molecule has 1 heterocycles. The van der Waals surface area contributed by atoms with Crippen LogP contribution < -0.4 is 15.8 Å². The van der Waals surface area contributed by atoms with E-state index in [1.807, 2.05) is 35.2 Å². The van der Waals surface area contributed by atoms with Gasteiger partial charge in [0.05, 0.1) is 13.0 Å². The van der Waals surface area contributed by atoms with Crippen LogP contribution in [0.5, 0.6) is 5.75 Å². The number of nitrogens with one attached hydrogen (secondary N) is 1. The van der Waals surface area contributed by atoms with Crippen molar-refractivity contribution in [1.29, 1.82) is 0 Å². The molecular formula is C20H29N3O3. The minimum Gasteiger partial charge on any atom is -0.493 e. The van der Waals surface area contributed by atoms with Gasteiger partial charge in [-0.15, -0.1) is 0 Å². The first kappa shape index (κ1) is 18.7. The van der Waals surface area contributed by atoms with Crippen LogP contribution in [0.2, 0.25) is 0 Å². The summed E-state index contributed by atoms with van der Waals surface area (Å²) in [5.74, 6) is 1.54. The summed E-state index contributed by atoms with van der Waals surface area (Å²) in [5.41, 5.74) is 5.76. The highest BCUT2D eigenvalue weighted by Gasteiger charge is 2.34. The third-order valence-electron chi connectivity index (χ3n) is 5.32. The van der Waals surface area contributed by atoms with Gasteiger partial charge in [0.15, 0.2) is 0 Å². The van der Waals surface area contributed by atoms with Crippen molar-refractivity contribution in [3.63, 3.8) is 0 Å². The molecule has 1 saturated heterocycles. The molecule has 1 unspecified atom stereocenters. The molecule has 142 valence electrons. The number of nitrogens with two attached hydrogens (primary N) is 1. The maximum atomic E-state index is 12.4. The molecule has 6 nitrogen and oxygen atoms in total. The van der Waals surface area contributed by atoms with E-state index in [0.29, 0.717) is 38.6 Å². The number of benzene rings is 1. The maximum Gasteiger partial charge on any atom is 0.225 e. The third-order valence-corrected chi connectivity index (χ3v) is 5.32. The quantitative estimate of drug-likeness (QED) is 0.737. The van der Waals surface area contributed by atoms with Crippen LogP contribution in [-0.2, 0) is 9.59 Å². The van der Waals surface area contributed by atoms with Crippen molar-refractivity contribution in [3.05, 3.63) is 30.3 Å². The molecule has 2 fully saturated rings. The fourth-order valence-corrected chi connectivity index (χ4v) is 3.49. The summed E-state index contributed by atoms with van der Waals surface area (Å²) >= 11 is 0. The SMILES string of the molecule is NCC(NC(=O)C1CCN(C(=O)CCOc2ccccc2)CC1)C1CC1. The third kappa shape index (κ3) is 5.21. The van der Waals surface area contributed by atoms with E-state index in [4.69, 9.17) is 10.5 Å². The van der Waals surface area contributed by atoms with E-state index in [2.05, 4.69) is 5.32 Å². The van der Waals surface area contributed by atoms with Gasteiger partial charge in [-0.1, -0.05) is 18.2 Å². The zero-order chi connectivity index (χ0) is 18.4. The number of likely N-dealkylation sites (tertiary alicyclic amines) is 1. The summed E-state index contributed by atoms with van der Waals surface area (Å²) < 4.78 is 5.59. The fourth-order valence-electron chi connectivity index (χ4n) is 3.49. The molecule has 1 aliphatic carbocycles. The summed E-state index contributed by atoms with van der Waals surface area (Å²) in [6, 6.07) is 9.63. The Hall–Kier alpha value is -2.08. The first-order valence-corrected chi connectivity index (χ1v) is 9.63. The number of para-hydroxylation sites is 1. The molecule has 6 heteroatoms. The number of amides is 2. The molecule has 2 amide bonds. The largest absolute Gasteiger partial charge is 0.493 e. The summed E-state index contributed by atoms with van der Waals surface area (Å²) in [4.78, 5) is 26.6. The van der Waals surface area contributed by atoms with Crippen LogP contribution >= 0.6 is 0 Å². The van der Waals surface area contributed by atoms with Crippen LogP contribution in [0.4, 0.5) is 0 Å². The molecule has 1 aliphatic heterocycles. The van der Waals surface area contributed by atoms with Gasteiger partial charge in [0.2, 0.25) is 11.8 Å². The lowest BCUT2D eigenvalue weighted by molar-refractivity contribution is -0.136. The lowest BCUT2D eigenvalue weighted by Crippen LogP contribution is -2.48. The monoisotopic (exact) mass is 359 g/mol. The summed E-state index contributed by atoms with van der Waals surface area (Å²) in [5, 5.41) is 3.11. The van der Waals surface area contributed by atoms with Crippen LogP contribution in [-0.4, -0.2) is 49.0 Å². The van der Waals surface area contributed by atoms with Gasteiger partial charge in [-0.3, -0.25) is 9.59 Å². The Balaban J connectivity index is 1.36. The van der Waals surface area contributed by atoms with Gasteiger partial charge in [-0.05, 0) is 43.7 Å². The lowest BCUT2D eigenvalue weighted by atomic mass is 9.95. The highest BCUT2D eigenvalue weighted by atomic mass is 16.5. The Kier molecular flexibility index (Phi) is 6.50. The van der Waals surface area contributed by atoms with Crippen LogP contribution in [0.15, 0.2) is 30.3 Å². The Bertz CT molecular complexity index is 596. The van der Waals surface area contributed by atoms with Gasteiger partial charge >= 0.3 is 0 Å². The van der Waals surface area contributed by atoms with E-state index < -0.39 is 0 Å². The molecular weight excluding hydrogens is 330 g/mol. The van der Waals surface area contributed by atoms with Gasteiger partial charge in [-0.25, -0.2) is 0 Å². The molecule has 1 aromatic carbocycles. The molecule has 0 bridgehead atoms. The van der Waals surface area contributed by atoms with Gasteiger partial charge < -0.3 is 20.7 Å². The molecule has 1 aromatic rings. The second-order valence-corrected chi connectivity index (χ2v) is 7.25. The minimum absolute atomic E-state index is 0.00702. The molecule has 0 radical (unpaired) electrons. The fraction of sp³-hybridized carbons (Fsp3) is 0.600. The number of carbonyl (C=O) groups is 2. The number of hydrogen-bond donors (Lipinski definition) is 2. The predicted octanol–water partition coefficient (Wildman–Crippen LogP) is 1.55. The van der Waals surface area contributed by atoms with Crippen LogP contribution in [0.3, 0.4) is 0 Å². The topological polar surface area (TPSA) is 84.7 Å². The van der Waals surface area contributed by atoms with Crippen molar-refractivity contribution < 1.29 is 14.3 Å². The van der Waals surface area contributed by atoms with Crippen LogP contribution in [0, 0.1) is 11.8 Å². The average molecular weight is 359 g/mol. The van der Waals surface area contributed by atoms with E-state index in [0.717, 1.165) is 18.6 Å². The molecule has 3 rings (SSSR count). The van der Waals surface area contributed by atoms with Crippen LogP contribution in [0.1, 0.15) is 32.1 Å². The number of carbonyl (C=O) groups excluding carboxylic acids is 2. The normalized spacial score (nSPS) is 19.0. The maximum absolute atomic E-state index is 12.4. The van der Waals surface area contributed by atoms with Crippen molar-refractivity contribution in [2.45, 2.75) is 38.1 Å². The van der Waals surface area contributed by atoms with E-state index >= 15 is 0 Å². The smallest absolute Gasteiger partial charge is 0.225 e. The zero-order valence-corrected chi connectivity index (χ0v) is 15.2. The predicted molar refractivity (Wildman–Crippen MR) is 99.6 cm³/mol. The van der Waals surface area contributed by atoms with E-state index in [9.17, 15) is 9.59 Å². The first-order chi connectivity index (χ1) is 12.7. The van der Waals surface area contributed by atoms with E-state index in [1.165, 1.54) is 12.8 Å². The van der Waals surface area contributed by atoms with E-state index in [-0.39, 0.29) is 23.8 Å². The van der Waals surface area contributed by atoms with Crippen molar-refractivity contribution in [2.75, 3.05) is 26.2 Å². The molecule has 0 spiro atoms. The summed E-state index contributed by atoms with van der Waals surface area (Å²) in [6.45, 7) is 2.16.